The van der Waals surface area contributed by atoms with E-state index < -0.39 is 5.54 Å². The minimum absolute atomic E-state index is 0.128. The van der Waals surface area contributed by atoms with Gasteiger partial charge in [0.25, 0.3) is 5.91 Å². The molecular weight excluding hydrogens is 372 g/mol. The van der Waals surface area contributed by atoms with E-state index in [1.54, 1.807) is 12.1 Å². The molecule has 3 N–H and O–H groups in total. The van der Waals surface area contributed by atoms with Gasteiger partial charge in [0.1, 0.15) is 5.54 Å². The van der Waals surface area contributed by atoms with E-state index in [0.29, 0.717) is 24.6 Å². The van der Waals surface area contributed by atoms with Gasteiger partial charge in [-0.1, -0.05) is 55.1 Å². The molecule has 5 nitrogen and oxygen atoms in total. The summed E-state index contributed by atoms with van der Waals surface area (Å²) in [6.07, 6.45) is 5.53. The minimum Gasteiger partial charge on any atom is -0.369 e. The maximum absolute atomic E-state index is 12.3. The minimum atomic E-state index is -0.587. The molecule has 0 saturated carbocycles. The molecule has 0 aliphatic carbocycles. The van der Waals surface area contributed by atoms with Gasteiger partial charge < -0.3 is 16.0 Å². The molecule has 5 heteroatoms. The molecule has 0 spiro atoms. The summed E-state index contributed by atoms with van der Waals surface area (Å²) in [5.74, 6) is 0.327. The number of guanidine groups is 1. The largest absolute Gasteiger partial charge is 0.369 e. The fourth-order valence-electron chi connectivity index (χ4n) is 3.78. The number of hydrogen-bond acceptors (Lipinski definition) is 4. The van der Waals surface area contributed by atoms with Crippen LogP contribution < -0.4 is 11.1 Å². The van der Waals surface area contributed by atoms with Crippen LogP contribution >= 0.6 is 0 Å². The van der Waals surface area contributed by atoms with Gasteiger partial charge in [-0.05, 0) is 48.7 Å². The van der Waals surface area contributed by atoms with Gasteiger partial charge in [0.05, 0.1) is 6.54 Å². The van der Waals surface area contributed by atoms with E-state index in [1.807, 2.05) is 54.3 Å². The van der Waals surface area contributed by atoms with E-state index in [0.717, 1.165) is 22.4 Å². The average Bonchev–Trinajstić information content (AvgIpc) is 3.02. The molecule has 0 bridgehead atoms. The summed E-state index contributed by atoms with van der Waals surface area (Å²) >= 11 is 0. The Hall–Kier alpha value is -3.60. The Morgan fingerprint density at radius 3 is 2.70 bits per heavy atom. The lowest BCUT2D eigenvalue weighted by Gasteiger charge is -2.29. The summed E-state index contributed by atoms with van der Waals surface area (Å²) in [4.78, 5) is 19.1. The maximum Gasteiger partial charge on any atom is 0.251 e. The van der Waals surface area contributed by atoms with Crippen LogP contribution in [-0.4, -0.2) is 23.3 Å². The lowest BCUT2D eigenvalue weighted by molar-refractivity contribution is 0.0958. The summed E-state index contributed by atoms with van der Waals surface area (Å²) < 4.78 is 0. The van der Waals surface area contributed by atoms with Crippen LogP contribution in [0.3, 0.4) is 0 Å². The van der Waals surface area contributed by atoms with Crippen molar-refractivity contribution in [2.24, 2.45) is 10.7 Å². The third-order valence-corrected chi connectivity index (χ3v) is 5.30. The van der Waals surface area contributed by atoms with Crippen molar-refractivity contribution in [3.05, 3.63) is 102 Å². The molecular formula is C25H28N4O. The van der Waals surface area contributed by atoms with Crippen molar-refractivity contribution in [1.29, 1.82) is 0 Å². The smallest absolute Gasteiger partial charge is 0.251 e. The van der Waals surface area contributed by atoms with E-state index in [-0.39, 0.29) is 5.91 Å². The number of nitrogens with two attached hydrogens (primary N) is 1. The van der Waals surface area contributed by atoms with E-state index in [2.05, 4.69) is 37.5 Å². The number of amides is 1. The standard InChI is InChI=1S/C25H28N4O/c1-5-14-27-23(30)20-12-8-11-19(15-20)17-29-22(7-3)25(4,28-24(29)26)21-13-9-10-18(6-2)16-21/h5-13,15-16H,1-2,14,17H2,3-4H3,(H2,26,28)(H,27,30)/b22-7-. The van der Waals surface area contributed by atoms with Crippen LogP contribution in [0.2, 0.25) is 0 Å². The average molecular weight is 401 g/mol. The zero-order valence-electron chi connectivity index (χ0n) is 17.6. The third kappa shape index (κ3) is 4.06. The van der Waals surface area contributed by atoms with E-state index in [4.69, 9.17) is 10.7 Å². The van der Waals surface area contributed by atoms with Crippen LogP contribution in [0.15, 0.2) is 84.5 Å². The predicted molar refractivity (Wildman–Crippen MR) is 124 cm³/mol. The van der Waals surface area contributed by atoms with Crippen LogP contribution in [-0.2, 0) is 12.1 Å². The van der Waals surface area contributed by atoms with Crippen molar-refractivity contribution < 1.29 is 4.79 Å². The Morgan fingerprint density at radius 2 is 2.00 bits per heavy atom. The van der Waals surface area contributed by atoms with Crippen LogP contribution in [0.25, 0.3) is 6.08 Å². The molecule has 2 aromatic rings. The van der Waals surface area contributed by atoms with Crippen molar-refractivity contribution in [3.63, 3.8) is 0 Å². The number of aliphatic imine (C=N–C) groups is 1. The molecule has 2 aromatic carbocycles. The molecule has 30 heavy (non-hydrogen) atoms. The molecule has 1 unspecified atom stereocenters. The molecule has 0 fully saturated rings. The first-order valence-electron chi connectivity index (χ1n) is 9.93. The summed E-state index contributed by atoms with van der Waals surface area (Å²) in [6.45, 7) is 12.5. The second kappa shape index (κ2) is 8.82. The summed E-state index contributed by atoms with van der Waals surface area (Å²) in [5.41, 5.74) is 10.4. The maximum atomic E-state index is 12.3. The fourth-order valence-corrected chi connectivity index (χ4v) is 3.78. The quantitative estimate of drug-likeness (QED) is 0.685. The van der Waals surface area contributed by atoms with Gasteiger partial charge in [-0.2, -0.15) is 0 Å². The highest BCUT2D eigenvalue weighted by molar-refractivity contribution is 5.94. The summed E-state index contributed by atoms with van der Waals surface area (Å²) in [5, 5.41) is 2.81. The Labute approximate surface area is 178 Å². The zero-order chi connectivity index (χ0) is 21.7. The van der Waals surface area contributed by atoms with Crippen LogP contribution in [0.1, 0.15) is 40.9 Å². The van der Waals surface area contributed by atoms with E-state index in [1.165, 1.54) is 0 Å². The lowest BCUT2D eigenvalue weighted by atomic mass is 9.88. The van der Waals surface area contributed by atoms with E-state index in [9.17, 15) is 4.79 Å². The summed E-state index contributed by atoms with van der Waals surface area (Å²) in [6, 6.07) is 15.7. The Balaban J connectivity index is 1.89. The molecule has 1 aliphatic rings. The van der Waals surface area contributed by atoms with Gasteiger partial charge >= 0.3 is 0 Å². The Bertz CT molecular complexity index is 1040. The third-order valence-electron chi connectivity index (χ3n) is 5.30. The molecule has 154 valence electrons. The molecule has 1 heterocycles. The van der Waals surface area contributed by atoms with Crippen LogP contribution in [0, 0.1) is 0 Å². The second-order valence-electron chi connectivity index (χ2n) is 7.33. The first-order chi connectivity index (χ1) is 14.4. The van der Waals surface area contributed by atoms with Crippen molar-refractivity contribution >= 4 is 17.9 Å². The molecule has 1 aliphatic heterocycles. The SMILES string of the molecule is C=CCNC(=O)c1cccc(CN2C(N)=NC(C)(c3cccc(C=C)c3)/C2=C/C)c1. The number of rotatable bonds is 7. The van der Waals surface area contributed by atoms with Crippen molar-refractivity contribution in [3.8, 4) is 0 Å². The van der Waals surface area contributed by atoms with Crippen molar-refractivity contribution in [1.82, 2.24) is 10.2 Å². The highest BCUT2D eigenvalue weighted by atomic mass is 16.1. The predicted octanol–water partition coefficient (Wildman–Crippen LogP) is 4.19. The van der Waals surface area contributed by atoms with Gasteiger partial charge in [-0.25, -0.2) is 4.99 Å². The number of benzene rings is 2. The van der Waals surface area contributed by atoms with Gasteiger partial charge in [-0.15, -0.1) is 6.58 Å². The highest BCUT2D eigenvalue weighted by Gasteiger charge is 2.40. The van der Waals surface area contributed by atoms with Gasteiger partial charge in [0.15, 0.2) is 5.96 Å². The molecule has 1 atom stereocenters. The molecule has 0 aromatic heterocycles. The van der Waals surface area contributed by atoms with Crippen molar-refractivity contribution in [2.45, 2.75) is 25.9 Å². The number of carbonyl (C=O) groups is 1. The topological polar surface area (TPSA) is 70.7 Å². The second-order valence-corrected chi connectivity index (χ2v) is 7.33. The highest BCUT2D eigenvalue weighted by Crippen LogP contribution is 2.41. The first-order valence-corrected chi connectivity index (χ1v) is 9.93. The molecule has 0 saturated heterocycles. The Kier molecular flexibility index (Phi) is 6.21. The monoisotopic (exact) mass is 400 g/mol. The fraction of sp³-hybridized carbons (Fsp3) is 0.200. The normalized spacial score (nSPS) is 19.5. The van der Waals surface area contributed by atoms with E-state index >= 15 is 0 Å². The molecule has 1 amide bonds. The number of allylic oxidation sites excluding steroid dienone is 1. The lowest BCUT2D eigenvalue weighted by Crippen LogP contribution is -2.34. The van der Waals surface area contributed by atoms with Gasteiger partial charge in [0, 0.05) is 17.8 Å². The number of carbonyl (C=O) groups excluding carboxylic acids is 1. The number of hydrogen-bond donors (Lipinski definition) is 2. The van der Waals surface area contributed by atoms with Gasteiger partial charge in [0.2, 0.25) is 0 Å². The number of nitrogens with zero attached hydrogens (tertiary/aromatic N) is 2. The van der Waals surface area contributed by atoms with Gasteiger partial charge in [-0.3, -0.25) is 4.79 Å². The molecule has 3 rings (SSSR count). The zero-order valence-corrected chi connectivity index (χ0v) is 17.6. The first kappa shape index (κ1) is 21.1. The van der Waals surface area contributed by atoms with Crippen LogP contribution in [0.4, 0.5) is 0 Å². The number of nitrogens with one attached hydrogen (secondary N) is 1. The summed E-state index contributed by atoms with van der Waals surface area (Å²) in [7, 11) is 0. The van der Waals surface area contributed by atoms with Crippen LogP contribution in [0.5, 0.6) is 0 Å². The van der Waals surface area contributed by atoms with Crippen molar-refractivity contribution in [2.75, 3.05) is 6.54 Å². The molecule has 0 radical (unpaired) electrons. The Morgan fingerprint density at radius 1 is 1.23 bits per heavy atom.